The Labute approximate surface area is 172 Å². The summed E-state index contributed by atoms with van der Waals surface area (Å²) in [6.07, 6.45) is 1.58. The third-order valence-corrected chi connectivity index (χ3v) is 7.29. The van der Waals surface area contributed by atoms with Gasteiger partial charge in [-0.2, -0.15) is 0 Å². The minimum absolute atomic E-state index is 0.00204. The fourth-order valence-electron chi connectivity index (χ4n) is 3.65. The van der Waals surface area contributed by atoms with E-state index >= 15 is 0 Å². The van der Waals surface area contributed by atoms with Crippen LogP contribution < -0.4 is 10.2 Å². The molecule has 6 nitrogen and oxygen atoms in total. The number of rotatable bonds is 5. The average Bonchev–Trinajstić information content (AvgIpc) is 3.34. The van der Waals surface area contributed by atoms with Crippen LogP contribution >= 0.6 is 22.7 Å². The van der Waals surface area contributed by atoms with Crippen LogP contribution in [0, 0.1) is 19.8 Å². The van der Waals surface area contributed by atoms with E-state index in [4.69, 9.17) is 15.1 Å². The van der Waals surface area contributed by atoms with Gasteiger partial charge in [0.05, 0.1) is 16.9 Å². The van der Waals surface area contributed by atoms with Crippen molar-refractivity contribution >= 4 is 44.6 Å². The molecule has 4 heterocycles. The lowest BCUT2D eigenvalue weighted by Crippen LogP contribution is -2.41. The highest BCUT2D eigenvalue weighted by atomic mass is 32.1. The largest absolute Gasteiger partial charge is 0.395 e. The fraction of sp³-hybridized carbons (Fsp3) is 0.450. The molecule has 0 saturated carbocycles. The van der Waals surface area contributed by atoms with Crippen molar-refractivity contribution < 1.29 is 9.90 Å². The second-order valence-electron chi connectivity index (χ2n) is 7.09. The summed E-state index contributed by atoms with van der Waals surface area (Å²) in [4.78, 5) is 27.7. The van der Waals surface area contributed by atoms with Crippen molar-refractivity contribution in [3.05, 3.63) is 28.0 Å². The van der Waals surface area contributed by atoms with E-state index in [1.807, 2.05) is 11.4 Å². The zero-order chi connectivity index (χ0) is 19.7. The van der Waals surface area contributed by atoms with Crippen molar-refractivity contribution in [2.24, 2.45) is 5.92 Å². The number of carbonyl (C=O) groups is 1. The first kappa shape index (κ1) is 19.3. The summed E-state index contributed by atoms with van der Waals surface area (Å²) in [5.74, 6) is 1.82. The first-order valence-electron chi connectivity index (χ1n) is 9.53. The first-order chi connectivity index (χ1) is 13.6. The lowest BCUT2D eigenvalue weighted by atomic mass is 9.95. The lowest BCUT2D eigenvalue weighted by Gasteiger charge is -2.32. The summed E-state index contributed by atoms with van der Waals surface area (Å²) < 4.78 is 0. The fourth-order valence-corrected chi connectivity index (χ4v) is 5.33. The Morgan fingerprint density at radius 1 is 1.32 bits per heavy atom. The predicted molar refractivity (Wildman–Crippen MR) is 115 cm³/mol. The molecule has 0 bridgehead atoms. The van der Waals surface area contributed by atoms with Crippen molar-refractivity contribution in [1.82, 2.24) is 15.3 Å². The molecule has 1 fully saturated rings. The standard InChI is InChI=1S/C20H24N4O2S2/c1-12-13(2)28-20-16(12)18(22-17(23-20)15-4-3-11-27-15)24-8-5-14(6-9-24)19(26)21-7-10-25/h3-4,11,14,25H,5-10H2,1-2H3,(H,21,26). The summed E-state index contributed by atoms with van der Waals surface area (Å²) in [7, 11) is 0. The molecule has 0 radical (unpaired) electrons. The zero-order valence-electron chi connectivity index (χ0n) is 16.1. The number of hydrogen-bond acceptors (Lipinski definition) is 7. The Bertz CT molecular complexity index is 976. The van der Waals surface area contributed by atoms with Gasteiger partial charge in [0.25, 0.3) is 0 Å². The number of hydrogen-bond donors (Lipinski definition) is 2. The molecule has 3 aromatic rings. The van der Waals surface area contributed by atoms with E-state index < -0.39 is 0 Å². The predicted octanol–water partition coefficient (Wildman–Crippen LogP) is 3.36. The van der Waals surface area contributed by atoms with E-state index in [-0.39, 0.29) is 18.4 Å². The highest BCUT2D eigenvalue weighted by molar-refractivity contribution is 7.19. The maximum absolute atomic E-state index is 12.2. The highest BCUT2D eigenvalue weighted by Crippen LogP contribution is 2.38. The molecule has 1 amide bonds. The maximum atomic E-state index is 12.2. The number of anilines is 1. The molecule has 3 aromatic heterocycles. The van der Waals surface area contributed by atoms with Gasteiger partial charge >= 0.3 is 0 Å². The zero-order valence-corrected chi connectivity index (χ0v) is 17.7. The number of carbonyl (C=O) groups excluding carboxylic acids is 1. The van der Waals surface area contributed by atoms with Gasteiger partial charge < -0.3 is 15.3 Å². The van der Waals surface area contributed by atoms with E-state index in [1.165, 1.54) is 10.4 Å². The van der Waals surface area contributed by atoms with Crippen LogP contribution in [0.4, 0.5) is 5.82 Å². The third kappa shape index (κ3) is 3.64. The molecule has 148 valence electrons. The molecule has 4 rings (SSSR count). The van der Waals surface area contributed by atoms with Gasteiger partial charge in [-0.05, 0) is 43.7 Å². The van der Waals surface area contributed by atoms with Gasteiger partial charge in [-0.15, -0.1) is 22.7 Å². The summed E-state index contributed by atoms with van der Waals surface area (Å²) in [6, 6.07) is 4.08. The molecular weight excluding hydrogens is 392 g/mol. The average molecular weight is 417 g/mol. The van der Waals surface area contributed by atoms with Gasteiger partial charge in [0.2, 0.25) is 5.91 Å². The molecule has 2 N–H and O–H groups in total. The van der Waals surface area contributed by atoms with Gasteiger partial charge in [-0.3, -0.25) is 4.79 Å². The second kappa shape index (κ2) is 8.14. The molecule has 1 aliphatic rings. The van der Waals surface area contributed by atoms with Crippen molar-refractivity contribution in [3.8, 4) is 10.7 Å². The number of aliphatic hydroxyl groups is 1. The highest BCUT2D eigenvalue weighted by Gasteiger charge is 2.28. The Morgan fingerprint density at radius 3 is 2.79 bits per heavy atom. The van der Waals surface area contributed by atoms with E-state index in [1.54, 1.807) is 22.7 Å². The summed E-state index contributed by atoms with van der Waals surface area (Å²) in [6.45, 7) is 6.16. The summed E-state index contributed by atoms with van der Waals surface area (Å²) in [5, 5.41) is 14.9. The number of nitrogens with zero attached hydrogens (tertiary/aromatic N) is 3. The first-order valence-corrected chi connectivity index (χ1v) is 11.2. The van der Waals surface area contributed by atoms with Crippen LogP contribution in [0.15, 0.2) is 17.5 Å². The molecule has 28 heavy (non-hydrogen) atoms. The van der Waals surface area contributed by atoms with Crippen LogP contribution in [-0.2, 0) is 4.79 Å². The number of aromatic nitrogens is 2. The van der Waals surface area contributed by atoms with Crippen LogP contribution in [0.25, 0.3) is 20.9 Å². The molecular formula is C20H24N4O2S2. The molecule has 8 heteroatoms. The number of amides is 1. The van der Waals surface area contributed by atoms with Crippen molar-refractivity contribution in [2.75, 3.05) is 31.1 Å². The van der Waals surface area contributed by atoms with Crippen LogP contribution in [0.5, 0.6) is 0 Å². The van der Waals surface area contributed by atoms with Gasteiger partial charge in [0, 0.05) is 30.4 Å². The van der Waals surface area contributed by atoms with Gasteiger partial charge in [-0.1, -0.05) is 6.07 Å². The molecule has 0 aliphatic carbocycles. The third-order valence-electron chi connectivity index (χ3n) is 5.33. The summed E-state index contributed by atoms with van der Waals surface area (Å²) in [5.41, 5.74) is 1.25. The lowest BCUT2D eigenvalue weighted by molar-refractivity contribution is -0.125. The van der Waals surface area contributed by atoms with E-state index in [2.05, 4.69) is 30.1 Å². The molecule has 0 unspecified atom stereocenters. The number of nitrogens with one attached hydrogen (secondary N) is 1. The Kier molecular flexibility index (Phi) is 5.61. The minimum atomic E-state index is -0.0220. The molecule has 0 aromatic carbocycles. The topological polar surface area (TPSA) is 78.4 Å². The number of fused-ring (bicyclic) bond motifs is 1. The van der Waals surface area contributed by atoms with Gasteiger partial charge in [0.15, 0.2) is 5.82 Å². The molecule has 1 aliphatic heterocycles. The van der Waals surface area contributed by atoms with Crippen LogP contribution in [-0.4, -0.2) is 47.2 Å². The molecule has 0 spiro atoms. The summed E-state index contributed by atoms with van der Waals surface area (Å²) >= 11 is 3.37. The Balaban J connectivity index is 1.64. The van der Waals surface area contributed by atoms with E-state index in [9.17, 15) is 4.79 Å². The van der Waals surface area contributed by atoms with Crippen LogP contribution in [0.1, 0.15) is 23.3 Å². The Hall–Kier alpha value is -2.03. The van der Waals surface area contributed by atoms with Crippen molar-refractivity contribution in [1.29, 1.82) is 0 Å². The molecule has 1 saturated heterocycles. The smallest absolute Gasteiger partial charge is 0.223 e. The van der Waals surface area contributed by atoms with E-state index in [0.29, 0.717) is 6.54 Å². The van der Waals surface area contributed by atoms with Crippen molar-refractivity contribution in [2.45, 2.75) is 26.7 Å². The van der Waals surface area contributed by atoms with E-state index in [0.717, 1.165) is 52.7 Å². The van der Waals surface area contributed by atoms with Crippen molar-refractivity contribution in [3.63, 3.8) is 0 Å². The van der Waals surface area contributed by atoms with Gasteiger partial charge in [0.1, 0.15) is 10.6 Å². The second-order valence-corrected chi connectivity index (χ2v) is 9.24. The SMILES string of the molecule is Cc1sc2nc(-c3cccs3)nc(N3CCC(C(=O)NCCO)CC3)c2c1C. The number of aliphatic hydroxyl groups excluding tert-OH is 1. The number of piperidine rings is 1. The Morgan fingerprint density at radius 2 is 2.11 bits per heavy atom. The normalized spacial score (nSPS) is 15.3. The van der Waals surface area contributed by atoms with Crippen LogP contribution in [0.2, 0.25) is 0 Å². The quantitative estimate of drug-likeness (QED) is 0.667. The van der Waals surface area contributed by atoms with Crippen LogP contribution in [0.3, 0.4) is 0 Å². The number of thiophene rings is 2. The maximum Gasteiger partial charge on any atom is 0.223 e. The monoisotopic (exact) mass is 416 g/mol. The minimum Gasteiger partial charge on any atom is -0.395 e. The van der Waals surface area contributed by atoms with Gasteiger partial charge in [-0.25, -0.2) is 9.97 Å². The molecule has 0 atom stereocenters. The number of aryl methyl sites for hydroxylation is 2.